The molecule has 0 heterocycles. The van der Waals surface area contributed by atoms with Crippen LogP contribution in [-0.4, -0.2) is 6.61 Å². The molecular weight excluding hydrogens is 176 g/mol. The van der Waals surface area contributed by atoms with Crippen molar-refractivity contribution >= 4 is 0 Å². The van der Waals surface area contributed by atoms with E-state index in [4.69, 9.17) is 15.3 Å². The highest BCUT2D eigenvalue weighted by Crippen LogP contribution is 2.52. The Kier molecular flexibility index (Phi) is 2.59. The van der Waals surface area contributed by atoms with Gasteiger partial charge in [-0.1, -0.05) is 0 Å². The SMILES string of the molecule is N#CCC1CC2CC1CC2COC#N. The van der Waals surface area contributed by atoms with Gasteiger partial charge in [-0.25, -0.2) is 0 Å². The molecule has 0 N–H and O–H groups in total. The Morgan fingerprint density at radius 3 is 2.36 bits per heavy atom. The van der Waals surface area contributed by atoms with Gasteiger partial charge in [-0.05, 0) is 42.9 Å². The zero-order valence-corrected chi connectivity index (χ0v) is 8.15. The molecule has 3 heteroatoms. The largest absolute Gasteiger partial charge is 0.427 e. The fraction of sp³-hybridized carbons (Fsp3) is 0.818. The Hall–Kier alpha value is -1.22. The number of hydrogen-bond acceptors (Lipinski definition) is 3. The van der Waals surface area contributed by atoms with Crippen LogP contribution in [0.5, 0.6) is 0 Å². The average Bonchev–Trinajstić information content (AvgIpc) is 2.74. The molecule has 0 aliphatic heterocycles. The fourth-order valence-corrected chi connectivity index (χ4v) is 3.23. The lowest BCUT2D eigenvalue weighted by Gasteiger charge is -2.25. The molecular formula is C11H14N2O. The Morgan fingerprint density at radius 2 is 1.79 bits per heavy atom. The van der Waals surface area contributed by atoms with E-state index in [9.17, 15) is 0 Å². The van der Waals surface area contributed by atoms with Crippen LogP contribution in [-0.2, 0) is 4.74 Å². The van der Waals surface area contributed by atoms with E-state index in [1.54, 1.807) is 6.26 Å². The van der Waals surface area contributed by atoms with Gasteiger partial charge < -0.3 is 4.74 Å². The zero-order valence-electron chi connectivity index (χ0n) is 8.15. The quantitative estimate of drug-likeness (QED) is 0.640. The van der Waals surface area contributed by atoms with E-state index < -0.39 is 0 Å². The molecule has 0 spiro atoms. The van der Waals surface area contributed by atoms with Crippen LogP contribution >= 0.6 is 0 Å². The third-order valence-electron chi connectivity index (χ3n) is 3.87. The maximum Gasteiger partial charge on any atom is 0.286 e. The lowest BCUT2D eigenvalue weighted by atomic mass is 9.81. The van der Waals surface area contributed by atoms with Gasteiger partial charge in [0.25, 0.3) is 6.26 Å². The molecule has 0 amide bonds. The van der Waals surface area contributed by atoms with Gasteiger partial charge in [0, 0.05) is 6.42 Å². The second-order valence-electron chi connectivity index (χ2n) is 4.51. The number of hydrogen-bond donors (Lipinski definition) is 0. The monoisotopic (exact) mass is 190 g/mol. The molecule has 0 aromatic heterocycles. The molecule has 74 valence electrons. The Labute approximate surface area is 84.3 Å². The van der Waals surface area contributed by atoms with Crippen molar-refractivity contribution in [2.75, 3.05) is 6.61 Å². The molecule has 2 aliphatic rings. The Balaban J connectivity index is 1.85. The minimum Gasteiger partial charge on any atom is -0.427 e. The van der Waals surface area contributed by atoms with Gasteiger partial charge in [-0.3, -0.25) is 0 Å². The summed E-state index contributed by atoms with van der Waals surface area (Å²) in [6, 6.07) is 2.27. The summed E-state index contributed by atoms with van der Waals surface area (Å²) in [5.74, 6) is 2.65. The second-order valence-corrected chi connectivity index (χ2v) is 4.51. The molecule has 4 atom stereocenters. The van der Waals surface area contributed by atoms with Gasteiger partial charge >= 0.3 is 0 Å². The summed E-state index contributed by atoms with van der Waals surface area (Å²) >= 11 is 0. The van der Waals surface area contributed by atoms with Crippen molar-refractivity contribution in [1.29, 1.82) is 10.5 Å². The highest BCUT2D eigenvalue weighted by molar-refractivity contribution is 4.97. The fourth-order valence-electron chi connectivity index (χ4n) is 3.23. The van der Waals surface area contributed by atoms with Gasteiger partial charge in [0.2, 0.25) is 0 Å². The number of rotatable bonds is 3. The van der Waals surface area contributed by atoms with Crippen molar-refractivity contribution in [3.05, 3.63) is 0 Å². The number of nitriles is 2. The average molecular weight is 190 g/mol. The first-order chi connectivity index (χ1) is 6.85. The van der Waals surface area contributed by atoms with E-state index in [0.29, 0.717) is 30.8 Å². The smallest absolute Gasteiger partial charge is 0.286 e. The van der Waals surface area contributed by atoms with Crippen molar-refractivity contribution in [3.63, 3.8) is 0 Å². The molecule has 2 saturated carbocycles. The van der Waals surface area contributed by atoms with Crippen LogP contribution in [0.4, 0.5) is 0 Å². The Morgan fingerprint density at radius 1 is 1.07 bits per heavy atom. The van der Waals surface area contributed by atoms with Gasteiger partial charge in [0.05, 0.1) is 6.07 Å². The minimum absolute atomic E-state index is 0.578. The molecule has 0 radical (unpaired) electrons. The molecule has 2 bridgehead atoms. The molecule has 14 heavy (non-hydrogen) atoms. The standard InChI is InChI=1S/C11H14N2O/c12-2-1-8-3-10-4-9(8)5-11(10)6-14-7-13/h8-11H,1,3-6H2. The maximum atomic E-state index is 8.64. The molecule has 2 aliphatic carbocycles. The number of nitrogens with zero attached hydrogens (tertiary/aromatic N) is 2. The van der Waals surface area contributed by atoms with Crippen LogP contribution in [0.3, 0.4) is 0 Å². The van der Waals surface area contributed by atoms with Crippen LogP contribution < -0.4 is 0 Å². The topological polar surface area (TPSA) is 56.8 Å². The van der Waals surface area contributed by atoms with E-state index in [1.807, 2.05) is 0 Å². The molecule has 0 aromatic carbocycles. The van der Waals surface area contributed by atoms with Crippen molar-refractivity contribution in [3.8, 4) is 12.3 Å². The van der Waals surface area contributed by atoms with E-state index in [1.165, 1.54) is 19.3 Å². The van der Waals surface area contributed by atoms with Crippen LogP contribution in [0.2, 0.25) is 0 Å². The Bertz CT molecular complexity index is 289. The second kappa shape index (κ2) is 3.88. The van der Waals surface area contributed by atoms with Gasteiger partial charge in [-0.2, -0.15) is 10.5 Å². The maximum absolute atomic E-state index is 8.64. The zero-order chi connectivity index (χ0) is 9.97. The van der Waals surface area contributed by atoms with Crippen molar-refractivity contribution in [1.82, 2.24) is 0 Å². The summed E-state index contributed by atoms with van der Waals surface area (Å²) in [5, 5.41) is 17.0. The van der Waals surface area contributed by atoms with Crippen LogP contribution in [0.25, 0.3) is 0 Å². The van der Waals surface area contributed by atoms with Crippen LogP contribution in [0.15, 0.2) is 0 Å². The van der Waals surface area contributed by atoms with Crippen molar-refractivity contribution in [2.24, 2.45) is 23.7 Å². The lowest BCUT2D eigenvalue weighted by Crippen LogP contribution is -2.20. The van der Waals surface area contributed by atoms with Crippen molar-refractivity contribution in [2.45, 2.75) is 25.7 Å². The molecule has 2 fully saturated rings. The van der Waals surface area contributed by atoms with E-state index in [-0.39, 0.29) is 0 Å². The molecule has 0 aromatic rings. The van der Waals surface area contributed by atoms with Crippen LogP contribution in [0, 0.1) is 46.5 Å². The van der Waals surface area contributed by atoms with Crippen molar-refractivity contribution < 1.29 is 4.74 Å². The van der Waals surface area contributed by atoms with Crippen LogP contribution in [0.1, 0.15) is 25.7 Å². The van der Waals surface area contributed by atoms with E-state index in [0.717, 1.165) is 5.92 Å². The lowest BCUT2D eigenvalue weighted by molar-refractivity contribution is 0.149. The summed E-state index contributed by atoms with van der Waals surface area (Å²) in [4.78, 5) is 0. The number of ether oxygens (including phenoxy) is 1. The summed E-state index contributed by atoms with van der Waals surface area (Å²) in [7, 11) is 0. The summed E-state index contributed by atoms with van der Waals surface area (Å²) < 4.78 is 4.81. The minimum atomic E-state index is 0.578. The predicted octanol–water partition coefficient (Wildman–Crippen LogP) is 2.06. The predicted molar refractivity (Wildman–Crippen MR) is 49.6 cm³/mol. The first-order valence-corrected chi connectivity index (χ1v) is 5.23. The molecule has 0 saturated heterocycles. The van der Waals surface area contributed by atoms with Gasteiger partial charge in [-0.15, -0.1) is 0 Å². The number of fused-ring (bicyclic) bond motifs is 2. The third kappa shape index (κ3) is 1.55. The molecule has 2 rings (SSSR count). The van der Waals surface area contributed by atoms with Gasteiger partial charge in [0.15, 0.2) is 0 Å². The summed E-state index contributed by atoms with van der Waals surface area (Å²) in [6.07, 6.45) is 6.05. The van der Waals surface area contributed by atoms with E-state index >= 15 is 0 Å². The first kappa shape index (κ1) is 9.34. The third-order valence-corrected chi connectivity index (χ3v) is 3.87. The molecule has 3 nitrogen and oxygen atoms in total. The normalized spacial score (nSPS) is 39.0. The molecule has 4 unspecified atom stereocenters. The summed E-state index contributed by atoms with van der Waals surface area (Å²) in [6.45, 7) is 0.594. The summed E-state index contributed by atoms with van der Waals surface area (Å²) in [5.41, 5.74) is 0. The highest BCUT2D eigenvalue weighted by atomic mass is 16.5. The van der Waals surface area contributed by atoms with E-state index in [2.05, 4.69) is 6.07 Å². The first-order valence-electron chi connectivity index (χ1n) is 5.23. The highest BCUT2D eigenvalue weighted by Gasteiger charge is 2.45. The van der Waals surface area contributed by atoms with Gasteiger partial charge in [0.1, 0.15) is 6.61 Å².